The molecule has 3 rings (SSSR count). The summed E-state index contributed by atoms with van der Waals surface area (Å²) in [7, 11) is 3.61. The maximum absolute atomic E-state index is 11.0. The highest BCUT2D eigenvalue weighted by molar-refractivity contribution is 5.91. The summed E-state index contributed by atoms with van der Waals surface area (Å²) in [6.07, 6.45) is 1.61. The smallest absolute Gasteiger partial charge is 0.243 e. The number of methoxy groups -OCH3 is 1. The fourth-order valence-electron chi connectivity index (χ4n) is 3.06. The van der Waals surface area contributed by atoms with E-state index in [0.717, 1.165) is 28.2 Å². The molecule has 1 heterocycles. The molecule has 8 nitrogen and oxygen atoms in total. The molecule has 0 spiro atoms. The first-order valence-electron chi connectivity index (χ1n) is 9.76. The zero-order valence-electron chi connectivity index (χ0n) is 17.2. The lowest BCUT2D eigenvalue weighted by Gasteiger charge is -2.21. The van der Waals surface area contributed by atoms with E-state index in [1.807, 2.05) is 60.5 Å². The molecule has 0 fully saturated rings. The minimum absolute atomic E-state index is 0.267. The number of hydroxylamine groups is 1. The normalized spacial score (nSPS) is 10.8. The Morgan fingerprint density at radius 2 is 1.87 bits per heavy atom. The van der Waals surface area contributed by atoms with Crippen molar-refractivity contribution in [2.24, 2.45) is 0 Å². The minimum atomic E-state index is -0.390. The van der Waals surface area contributed by atoms with Gasteiger partial charge in [-0.25, -0.2) is 15.4 Å². The standard InChI is InChI=1S/C22H26N4O4/c1-26(16-10-12-17(29-2)13-11-16)22-18-7-3-4-8-19(18)23-20(24-22)15-30-14-6-5-9-21(27)25-28/h3-4,7-8,10-13,28H,5-6,9,14-15H2,1-2H3,(H,25,27). The van der Waals surface area contributed by atoms with Crippen LogP contribution in [0.25, 0.3) is 10.9 Å². The fraction of sp³-hybridized carbons (Fsp3) is 0.318. The molecule has 0 saturated carbocycles. The summed E-state index contributed by atoms with van der Waals surface area (Å²) in [5, 5.41) is 9.45. The van der Waals surface area contributed by atoms with Crippen LogP contribution in [0.4, 0.5) is 11.5 Å². The molecule has 0 bridgehead atoms. The first-order valence-corrected chi connectivity index (χ1v) is 9.76. The fourth-order valence-corrected chi connectivity index (χ4v) is 3.06. The molecule has 2 aromatic carbocycles. The quantitative estimate of drug-likeness (QED) is 0.299. The highest BCUT2D eigenvalue weighted by atomic mass is 16.5. The number of anilines is 2. The van der Waals surface area contributed by atoms with E-state index in [2.05, 4.69) is 4.98 Å². The molecule has 1 aromatic heterocycles. The Morgan fingerprint density at radius 1 is 1.10 bits per heavy atom. The lowest BCUT2D eigenvalue weighted by atomic mass is 10.2. The Hall–Kier alpha value is -3.23. The van der Waals surface area contributed by atoms with Gasteiger partial charge in [0, 0.05) is 31.1 Å². The number of hydrogen-bond acceptors (Lipinski definition) is 7. The number of unbranched alkanes of at least 4 members (excludes halogenated alkanes) is 1. The van der Waals surface area contributed by atoms with E-state index in [0.29, 0.717) is 25.3 Å². The van der Waals surface area contributed by atoms with Crippen molar-refractivity contribution in [3.63, 3.8) is 0 Å². The Balaban J connectivity index is 1.73. The molecule has 0 aliphatic rings. The number of carbonyl (C=O) groups is 1. The Kier molecular flexibility index (Phi) is 7.53. The zero-order valence-corrected chi connectivity index (χ0v) is 17.2. The summed E-state index contributed by atoms with van der Waals surface area (Å²) < 4.78 is 10.9. The maximum atomic E-state index is 11.0. The number of para-hydroxylation sites is 1. The zero-order chi connectivity index (χ0) is 21.3. The lowest BCUT2D eigenvalue weighted by Crippen LogP contribution is -2.18. The van der Waals surface area contributed by atoms with Crippen LogP contribution in [0.2, 0.25) is 0 Å². The Labute approximate surface area is 175 Å². The van der Waals surface area contributed by atoms with E-state index < -0.39 is 0 Å². The van der Waals surface area contributed by atoms with Gasteiger partial charge in [-0.3, -0.25) is 10.0 Å². The number of nitrogens with zero attached hydrogens (tertiary/aromatic N) is 3. The molecule has 8 heteroatoms. The van der Waals surface area contributed by atoms with Gasteiger partial charge in [0.25, 0.3) is 0 Å². The summed E-state index contributed by atoms with van der Waals surface area (Å²) >= 11 is 0. The summed E-state index contributed by atoms with van der Waals surface area (Å²) in [5.74, 6) is 1.80. The van der Waals surface area contributed by atoms with Crippen LogP contribution in [-0.4, -0.2) is 41.8 Å². The predicted octanol–water partition coefficient (Wildman–Crippen LogP) is 3.60. The van der Waals surface area contributed by atoms with E-state index in [1.54, 1.807) is 12.6 Å². The molecule has 0 radical (unpaired) electrons. The molecule has 1 amide bonds. The number of benzene rings is 2. The number of ether oxygens (including phenoxy) is 2. The minimum Gasteiger partial charge on any atom is -0.497 e. The highest BCUT2D eigenvalue weighted by Crippen LogP contribution is 2.29. The molecule has 0 saturated heterocycles. The van der Waals surface area contributed by atoms with Gasteiger partial charge in [-0.1, -0.05) is 12.1 Å². The second-order valence-electron chi connectivity index (χ2n) is 6.78. The average Bonchev–Trinajstić information content (AvgIpc) is 2.80. The molecule has 158 valence electrons. The number of fused-ring (bicyclic) bond motifs is 1. The third kappa shape index (κ3) is 5.43. The van der Waals surface area contributed by atoms with Crippen molar-refractivity contribution in [2.75, 3.05) is 25.7 Å². The molecule has 0 aliphatic heterocycles. The summed E-state index contributed by atoms with van der Waals surface area (Å²) in [6.45, 7) is 0.763. The number of amides is 1. The Morgan fingerprint density at radius 3 is 2.60 bits per heavy atom. The van der Waals surface area contributed by atoms with Gasteiger partial charge in [-0.15, -0.1) is 0 Å². The monoisotopic (exact) mass is 410 g/mol. The molecule has 3 aromatic rings. The number of nitrogens with one attached hydrogen (secondary N) is 1. The molecule has 30 heavy (non-hydrogen) atoms. The van der Waals surface area contributed by atoms with Crippen LogP contribution in [0.15, 0.2) is 48.5 Å². The third-order valence-corrected chi connectivity index (χ3v) is 4.71. The number of rotatable bonds is 10. The molecule has 0 unspecified atom stereocenters. The average molecular weight is 410 g/mol. The van der Waals surface area contributed by atoms with Gasteiger partial charge in [0.1, 0.15) is 18.2 Å². The van der Waals surface area contributed by atoms with E-state index in [9.17, 15) is 4.79 Å². The van der Waals surface area contributed by atoms with Gasteiger partial charge < -0.3 is 14.4 Å². The van der Waals surface area contributed by atoms with Crippen LogP contribution in [0, 0.1) is 0 Å². The first kappa shape index (κ1) is 21.5. The van der Waals surface area contributed by atoms with E-state index in [-0.39, 0.29) is 18.9 Å². The highest BCUT2D eigenvalue weighted by Gasteiger charge is 2.13. The molecular weight excluding hydrogens is 384 g/mol. The summed E-state index contributed by atoms with van der Waals surface area (Å²) in [4.78, 5) is 22.4. The molecule has 2 N–H and O–H groups in total. The van der Waals surface area contributed by atoms with Gasteiger partial charge >= 0.3 is 0 Å². The molecular formula is C22H26N4O4. The maximum Gasteiger partial charge on any atom is 0.243 e. The lowest BCUT2D eigenvalue weighted by molar-refractivity contribution is -0.129. The van der Waals surface area contributed by atoms with Crippen molar-refractivity contribution in [3.05, 3.63) is 54.4 Å². The predicted molar refractivity (Wildman–Crippen MR) is 114 cm³/mol. The topological polar surface area (TPSA) is 96.8 Å². The van der Waals surface area contributed by atoms with Crippen LogP contribution in [0.3, 0.4) is 0 Å². The number of carbonyl (C=O) groups excluding carboxylic acids is 1. The van der Waals surface area contributed by atoms with Crippen molar-refractivity contribution in [1.29, 1.82) is 0 Å². The SMILES string of the molecule is COc1ccc(N(C)c2nc(COCCCCC(=O)NO)nc3ccccc23)cc1. The van der Waals surface area contributed by atoms with Crippen molar-refractivity contribution in [3.8, 4) is 5.75 Å². The van der Waals surface area contributed by atoms with Crippen molar-refractivity contribution < 1.29 is 19.5 Å². The van der Waals surface area contributed by atoms with Crippen LogP contribution in [0.1, 0.15) is 25.1 Å². The van der Waals surface area contributed by atoms with Crippen LogP contribution in [-0.2, 0) is 16.1 Å². The number of hydrogen-bond donors (Lipinski definition) is 2. The van der Waals surface area contributed by atoms with Crippen LogP contribution >= 0.6 is 0 Å². The van der Waals surface area contributed by atoms with Gasteiger partial charge in [0.2, 0.25) is 5.91 Å². The second-order valence-corrected chi connectivity index (χ2v) is 6.78. The Bertz CT molecular complexity index is 979. The molecule has 0 atom stereocenters. The summed E-state index contributed by atoms with van der Waals surface area (Å²) in [5.41, 5.74) is 3.45. The third-order valence-electron chi connectivity index (χ3n) is 4.71. The largest absolute Gasteiger partial charge is 0.497 e. The first-order chi connectivity index (χ1) is 14.6. The van der Waals surface area contributed by atoms with Crippen molar-refractivity contribution >= 4 is 28.3 Å². The second kappa shape index (κ2) is 10.5. The van der Waals surface area contributed by atoms with Crippen LogP contribution in [0.5, 0.6) is 5.75 Å². The van der Waals surface area contributed by atoms with Crippen molar-refractivity contribution in [1.82, 2.24) is 15.4 Å². The van der Waals surface area contributed by atoms with Gasteiger partial charge in [-0.2, -0.15) is 0 Å². The van der Waals surface area contributed by atoms with E-state index in [4.69, 9.17) is 19.7 Å². The molecule has 0 aliphatic carbocycles. The van der Waals surface area contributed by atoms with Gasteiger partial charge in [0.15, 0.2) is 5.82 Å². The van der Waals surface area contributed by atoms with Crippen molar-refractivity contribution in [2.45, 2.75) is 25.9 Å². The van der Waals surface area contributed by atoms with Gasteiger partial charge in [0.05, 0.1) is 12.6 Å². The van der Waals surface area contributed by atoms with E-state index in [1.165, 1.54) is 0 Å². The van der Waals surface area contributed by atoms with E-state index >= 15 is 0 Å². The van der Waals surface area contributed by atoms with Crippen LogP contribution < -0.4 is 15.1 Å². The number of aromatic nitrogens is 2. The summed E-state index contributed by atoms with van der Waals surface area (Å²) in [6, 6.07) is 15.7. The van der Waals surface area contributed by atoms with Gasteiger partial charge in [-0.05, 0) is 49.2 Å².